The van der Waals surface area contributed by atoms with E-state index in [2.05, 4.69) is 34.3 Å². The van der Waals surface area contributed by atoms with Gasteiger partial charge in [-0.25, -0.2) is 4.98 Å². The van der Waals surface area contributed by atoms with Gasteiger partial charge < -0.3 is 10.1 Å². The third kappa shape index (κ3) is 5.16. The van der Waals surface area contributed by atoms with Gasteiger partial charge in [-0.05, 0) is 37.1 Å². The first-order valence-electron chi connectivity index (χ1n) is 7.44. The van der Waals surface area contributed by atoms with Gasteiger partial charge in [0.25, 0.3) is 0 Å². The fourth-order valence-corrected chi connectivity index (χ4v) is 2.27. The summed E-state index contributed by atoms with van der Waals surface area (Å²) in [7, 11) is 1.63. The Hall–Kier alpha value is -1.94. The maximum atomic E-state index is 5.10. The first-order chi connectivity index (χ1) is 10.3. The van der Waals surface area contributed by atoms with Crippen molar-refractivity contribution in [3.8, 4) is 5.88 Å². The third-order valence-electron chi connectivity index (χ3n) is 3.35. The number of aromatic nitrogens is 2. The molecule has 0 aliphatic heterocycles. The molecule has 0 amide bonds. The van der Waals surface area contributed by atoms with E-state index in [9.17, 15) is 0 Å². The summed E-state index contributed by atoms with van der Waals surface area (Å²) in [5, 5.41) is 3.60. The minimum absolute atomic E-state index is 0.370. The summed E-state index contributed by atoms with van der Waals surface area (Å²) in [6.45, 7) is 3.20. The van der Waals surface area contributed by atoms with Gasteiger partial charge in [0, 0.05) is 36.6 Å². The lowest BCUT2D eigenvalue weighted by molar-refractivity contribution is 0.397. The molecule has 0 saturated heterocycles. The Bertz CT molecular complexity index is 513. The summed E-state index contributed by atoms with van der Waals surface area (Å²) < 4.78 is 5.10. The second-order valence-electron chi connectivity index (χ2n) is 5.09. The zero-order valence-corrected chi connectivity index (χ0v) is 12.7. The Labute approximate surface area is 126 Å². The van der Waals surface area contributed by atoms with Crippen molar-refractivity contribution >= 4 is 0 Å². The fraction of sp³-hybridized carbons (Fsp3) is 0.412. The Balaban J connectivity index is 2.00. The summed E-state index contributed by atoms with van der Waals surface area (Å²) in [4.78, 5) is 8.69. The standard InChI is InChI=1S/C17H23N3O/c1-3-9-18-16(12-15-6-4-5-10-19-15)11-14-7-8-17(21-2)20-13-14/h4-8,10,13,16,18H,3,9,11-12H2,1-2H3. The van der Waals surface area contributed by atoms with Crippen molar-refractivity contribution in [2.75, 3.05) is 13.7 Å². The molecule has 4 heteroatoms. The van der Waals surface area contributed by atoms with E-state index in [-0.39, 0.29) is 0 Å². The minimum Gasteiger partial charge on any atom is -0.481 e. The van der Waals surface area contributed by atoms with Crippen molar-refractivity contribution in [2.24, 2.45) is 0 Å². The number of ether oxygens (including phenoxy) is 1. The van der Waals surface area contributed by atoms with Crippen molar-refractivity contribution in [2.45, 2.75) is 32.2 Å². The molecule has 0 aromatic carbocycles. The Kier molecular flexibility index (Phi) is 6.16. The molecule has 2 aromatic heterocycles. The van der Waals surface area contributed by atoms with Gasteiger partial charge in [0.05, 0.1) is 7.11 Å². The number of rotatable bonds is 8. The van der Waals surface area contributed by atoms with E-state index in [4.69, 9.17) is 4.74 Å². The molecule has 0 saturated carbocycles. The van der Waals surface area contributed by atoms with E-state index in [0.29, 0.717) is 11.9 Å². The number of nitrogens with zero attached hydrogens (tertiary/aromatic N) is 2. The molecule has 2 heterocycles. The van der Waals surface area contributed by atoms with Crippen LogP contribution in [0.4, 0.5) is 0 Å². The summed E-state index contributed by atoms with van der Waals surface area (Å²) in [5.74, 6) is 0.654. The lowest BCUT2D eigenvalue weighted by Gasteiger charge is -2.18. The number of nitrogens with one attached hydrogen (secondary N) is 1. The predicted octanol–water partition coefficient (Wildman–Crippen LogP) is 2.64. The molecule has 0 aliphatic carbocycles. The minimum atomic E-state index is 0.370. The smallest absolute Gasteiger partial charge is 0.212 e. The molecule has 21 heavy (non-hydrogen) atoms. The van der Waals surface area contributed by atoms with Crippen LogP contribution in [0.5, 0.6) is 5.88 Å². The Morgan fingerprint density at radius 2 is 2.05 bits per heavy atom. The van der Waals surface area contributed by atoms with Crippen LogP contribution in [0.25, 0.3) is 0 Å². The van der Waals surface area contributed by atoms with E-state index >= 15 is 0 Å². The predicted molar refractivity (Wildman–Crippen MR) is 84.5 cm³/mol. The van der Waals surface area contributed by atoms with Crippen molar-refractivity contribution < 1.29 is 4.74 Å². The van der Waals surface area contributed by atoms with Crippen LogP contribution < -0.4 is 10.1 Å². The molecule has 1 atom stereocenters. The molecule has 0 bridgehead atoms. The number of hydrogen-bond donors (Lipinski definition) is 1. The summed E-state index contributed by atoms with van der Waals surface area (Å²) in [5.41, 5.74) is 2.33. The molecule has 0 fully saturated rings. The molecule has 4 nitrogen and oxygen atoms in total. The van der Waals surface area contributed by atoms with Crippen LogP contribution in [-0.2, 0) is 12.8 Å². The lowest BCUT2D eigenvalue weighted by Crippen LogP contribution is -2.34. The van der Waals surface area contributed by atoms with Gasteiger partial charge in [-0.3, -0.25) is 4.98 Å². The quantitative estimate of drug-likeness (QED) is 0.810. The van der Waals surface area contributed by atoms with E-state index in [0.717, 1.165) is 31.5 Å². The summed E-state index contributed by atoms with van der Waals surface area (Å²) in [6, 6.07) is 10.4. The topological polar surface area (TPSA) is 47.0 Å². The maximum Gasteiger partial charge on any atom is 0.212 e. The molecule has 0 radical (unpaired) electrons. The van der Waals surface area contributed by atoms with Gasteiger partial charge in [-0.15, -0.1) is 0 Å². The zero-order valence-electron chi connectivity index (χ0n) is 12.7. The average Bonchev–Trinajstić information content (AvgIpc) is 2.54. The Morgan fingerprint density at radius 1 is 1.14 bits per heavy atom. The normalized spacial score (nSPS) is 12.1. The highest BCUT2D eigenvalue weighted by Gasteiger charge is 2.11. The number of hydrogen-bond acceptors (Lipinski definition) is 4. The van der Waals surface area contributed by atoms with Gasteiger partial charge >= 0.3 is 0 Å². The maximum absolute atomic E-state index is 5.10. The van der Waals surface area contributed by atoms with Crippen LogP contribution in [0.2, 0.25) is 0 Å². The molecule has 2 rings (SSSR count). The van der Waals surface area contributed by atoms with Crippen molar-refractivity contribution in [3.05, 3.63) is 54.0 Å². The highest BCUT2D eigenvalue weighted by molar-refractivity contribution is 5.19. The highest BCUT2D eigenvalue weighted by atomic mass is 16.5. The molecular formula is C17H23N3O. The van der Waals surface area contributed by atoms with Gasteiger partial charge in [-0.1, -0.05) is 19.1 Å². The van der Waals surface area contributed by atoms with E-state index in [1.807, 2.05) is 30.6 Å². The third-order valence-corrected chi connectivity index (χ3v) is 3.35. The molecule has 0 aliphatic rings. The second-order valence-corrected chi connectivity index (χ2v) is 5.09. The molecule has 0 spiro atoms. The first kappa shape index (κ1) is 15.4. The van der Waals surface area contributed by atoms with Gasteiger partial charge in [-0.2, -0.15) is 0 Å². The van der Waals surface area contributed by atoms with Gasteiger partial charge in [0.2, 0.25) is 5.88 Å². The SMILES string of the molecule is CCCNC(Cc1ccc(OC)nc1)Cc1ccccn1. The molecule has 2 aromatic rings. The number of methoxy groups -OCH3 is 1. The van der Waals surface area contributed by atoms with Crippen LogP contribution >= 0.6 is 0 Å². The zero-order chi connectivity index (χ0) is 14.9. The largest absolute Gasteiger partial charge is 0.481 e. The molecular weight excluding hydrogens is 262 g/mol. The average molecular weight is 285 g/mol. The fourth-order valence-electron chi connectivity index (χ4n) is 2.27. The van der Waals surface area contributed by atoms with Crippen LogP contribution in [0.1, 0.15) is 24.6 Å². The van der Waals surface area contributed by atoms with Gasteiger partial charge in [0.1, 0.15) is 0 Å². The summed E-state index contributed by atoms with van der Waals surface area (Å²) >= 11 is 0. The van der Waals surface area contributed by atoms with Gasteiger partial charge in [0.15, 0.2) is 0 Å². The van der Waals surface area contributed by atoms with Crippen LogP contribution in [0.3, 0.4) is 0 Å². The van der Waals surface area contributed by atoms with E-state index < -0.39 is 0 Å². The molecule has 1 unspecified atom stereocenters. The van der Waals surface area contributed by atoms with Crippen LogP contribution in [0, 0.1) is 0 Å². The lowest BCUT2D eigenvalue weighted by atomic mass is 10.0. The van der Waals surface area contributed by atoms with Crippen molar-refractivity contribution in [1.29, 1.82) is 0 Å². The van der Waals surface area contributed by atoms with Crippen molar-refractivity contribution in [3.63, 3.8) is 0 Å². The second kappa shape index (κ2) is 8.37. The van der Waals surface area contributed by atoms with E-state index in [1.165, 1.54) is 5.56 Å². The van der Waals surface area contributed by atoms with Crippen LogP contribution in [0.15, 0.2) is 42.7 Å². The molecule has 112 valence electrons. The van der Waals surface area contributed by atoms with E-state index in [1.54, 1.807) is 7.11 Å². The van der Waals surface area contributed by atoms with Crippen molar-refractivity contribution in [1.82, 2.24) is 15.3 Å². The Morgan fingerprint density at radius 3 is 2.67 bits per heavy atom. The monoisotopic (exact) mass is 285 g/mol. The highest BCUT2D eigenvalue weighted by Crippen LogP contribution is 2.11. The number of pyridine rings is 2. The van der Waals surface area contributed by atoms with Crippen LogP contribution in [-0.4, -0.2) is 29.7 Å². The summed E-state index contributed by atoms with van der Waals surface area (Å²) in [6.07, 6.45) is 6.72. The first-order valence-corrected chi connectivity index (χ1v) is 7.44. The molecule has 1 N–H and O–H groups in total.